The lowest BCUT2D eigenvalue weighted by atomic mass is 10.1. The second kappa shape index (κ2) is 8.29. The van der Waals surface area contributed by atoms with E-state index in [1.165, 1.54) is 18.2 Å². The van der Waals surface area contributed by atoms with E-state index in [4.69, 9.17) is 4.74 Å². The van der Waals surface area contributed by atoms with Gasteiger partial charge < -0.3 is 9.64 Å². The van der Waals surface area contributed by atoms with Crippen LogP contribution in [0.1, 0.15) is 5.56 Å². The number of hydrogen-bond acceptors (Lipinski definition) is 7. The maximum absolute atomic E-state index is 12.8. The molecular weight excluding hydrogens is 390 g/mol. The van der Waals surface area contributed by atoms with Crippen LogP contribution in [0.2, 0.25) is 0 Å². The van der Waals surface area contributed by atoms with Crippen LogP contribution >= 0.6 is 0 Å². The summed E-state index contributed by atoms with van der Waals surface area (Å²) >= 11 is 0. The van der Waals surface area contributed by atoms with Crippen LogP contribution in [0.3, 0.4) is 0 Å². The Morgan fingerprint density at radius 1 is 1.13 bits per heavy atom. The minimum Gasteiger partial charge on any atom is -0.378 e. The number of nitrogens with one attached hydrogen (secondary N) is 1. The number of aromatic nitrogens is 2. The van der Waals surface area contributed by atoms with Gasteiger partial charge in [0.25, 0.3) is 11.2 Å². The molecule has 1 aliphatic rings. The fraction of sp³-hybridized carbons (Fsp3) is 0.250. The molecule has 0 bridgehead atoms. The summed E-state index contributed by atoms with van der Waals surface area (Å²) in [4.78, 5) is 38.7. The summed E-state index contributed by atoms with van der Waals surface area (Å²) in [5.74, 6) is 0.0810. The number of nitrogens with zero attached hydrogens (tertiary/aromatic N) is 4. The van der Waals surface area contributed by atoms with Gasteiger partial charge in [0.15, 0.2) is 5.82 Å². The molecule has 4 rings (SSSR count). The molecule has 2 aromatic carbocycles. The Hall–Kier alpha value is -3.79. The van der Waals surface area contributed by atoms with Crippen molar-refractivity contribution in [2.45, 2.75) is 6.42 Å². The molecule has 3 aromatic rings. The van der Waals surface area contributed by atoms with Crippen LogP contribution in [0, 0.1) is 10.1 Å². The van der Waals surface area contributed by atoms with Gasteiger partial charge in [-0.2, -0.15) is 0 Å². The van der Waals surface area contributed by atoms with Crippen molar-refractivity contribution in [1.29, 1.82) is 0 Å². The van der Waals surface area contributed by atoms with E-state index in [1.807, 2.05) is 17.0 Å². The van der Waals surface area contributed by atoms with Gasteiger partial charge in [0.2, 0.25) is 5.91 Å². The molecule has 30 heavy (non-hydrogen) atoms. The predicted molar refractivity (Wildman–Crippen MR) is 110 cm³/mol. The molecule has 1 fully saturated rings. The van der Waals surface area contributed by atoms with Crippen molar-refractivity contribution in [2.75, 3.05) is 36.6 Å². The first-order chi connectivity index (χ1) is 14.5. The number of benzene rings is 2. The van der Waals surface area contributed by atoms with Crippen molar-refractivity contribution in [1.82, 2.24) is 9.89 Å². The first-order valence-electron chi connectivity index (χ1n) is 9.41. The van der Waals surface area contributed by atoms with E-state index in [9.17, 15) is 19.7 Å². The average Bonchev–Trinajstić information content (AvgIpc) is 2.76. The molecule has 2 heterocycles. The second-order valence-electron chi connectivity index (χ2n) is 6.82. The summed E-state index contributed by atoms with van der Waals surface area (Å²) in [6.07, 6.45) is -0.129. The fourth-order valence-corrected chi connectivity index (χ4v) is 3.38. The van der Waals surface area contributed by atoms with Gasteiger partial charge in [-0.1, -0.05) is 30.3 Å². The Balaban J connectivity index is 1.64. The number of fused-ring (bicyclic) bond motifs is 1. The first kappa shape index (κ1) is 19.5. The fourth-order valence-electron chi connectivity index (χ4n) is 3.38. The molecule has 1 saturated heterocycles. The quantitative estimate of drug-likeness (QED) is 0.500. The number of amides is 1. The molecule has 1 aliphatic heterocycles. The van der Waals surface area contributed by atoms with Crippen LogP contribution in [0.15, 0.2) is 53.3 Å². The maximum Gasteiger partial charge on any atom is 0.294 e. The second-order valence-corrected chi connectivity index (χ2v) is 6.82. The van der Waals surface area contributed by atoms with Crippen LogP contribution < -0.4 is 15.9 Å². The molecule has 1 aromatic heterocycles. The number of nitro groups is 1. The Morgan fingerprint density at radius 2 is 1.87 bits per heavy atom. The van der Waals surface area contributed by atoms with Gasteiger partial charge in [-0.05, 0) is 11.6 Å². The predicted octanol–water partition coefficient (Wildman–Crippen LogP) is 1.45. The topological polar surface area (TPSA) is 120 Å². The Labute approximate surface area is 170 Å². The van der Waals surface area contributed by atoms with Crippen molar-refractivity contribution in [3.05, 3.63) is 74.6 Å². The summed E-state index contributed by atoms with van der Waals surface area (Å²) in [5.41, 5.74) is 2.42. The zero-order valence-electron chi connectivity index (χ0n) is 16.0. The molecule has 1 N–H and O–H groups in total. The number of nitro benzene ring substituents is 1. The third-order valence-corrected chi connectivity index (χ3v) is 4.81. The lowest BCUT2D eigenvalue weighted by Gasteiger charge is -2.29. The van der Waals surface area contributed by atoms with E-state index >= 15 is 0 Å². The number of anilines is 1. The number of ether oxygens (including phenoxy) is 1. The Kier molecular flexibility index (Phi) is 5.40. The van der Waals surface area contributed by atoms with Crippen LogP contribution in [0.5, 0.6) is 0 Å². The highest BCUT2D eigenvalue weighted by Gasteiger charge is 2.19. The van der Waals surface area contributed by atoms with E-state index in [-0.39, 0.29) is 12.1 Å². The van der Waals surface area contributed by atoms with Gasteiger partial charge in [0, 0.05) is 30.6 Å². The lowest BCUT2D eigenvalue weighted by molar-refractivity contribution is -0.384. The Bertz CT molecular complexity index is 1170. The molecule has 1 amide bonds. The molecule has 154 valence electrons. The van der Waals surface area contributed by atoms with Gasteiger partial charge in [0.1, 0.15) is 0 Å². The van der Waals surface area contributed by atoms with Gasteiger partial charge in [-0.3, -0.25) is 19.7 Å². The van der Waals surface area contributed by atoms with E-state index in [1.54, 1.807) is 18.2 Å². The van der Waals surface area contributed by atoms with Crippen molar-refractivity contribution in [3.8, 4) is 0 Å². The first-order valence-corrected chi connectivity index (χ1v) is 9.41. The molecule has 0 saturated carbocycles. The number of carbonyl (C=O) groups is 1. The number of non-ortho nitro benzene ring substituents is 1. The van der Waals surface area contributed by atoms with Crippen molar-refractivity contribution in [2.24, 2.45) is 0 Å². The third kappa shape index (κ3) is 3.98. The van der Waals surface area contributed by atoms with E-state index in [2.05, 4.69) is 10.5 Å². The van der Waals surface area contributed by atoms with Crippen molar-refractivity contribution < 1.29 is 14.5 Å². The number of morpholine rings is 1. The summed E-state index contributed by atoms with van der Waals surface area (Å²) in [7, 11) is 0. The molecule has 10 heteroatoms. The van der Waals surface area contributed by atoms with E-state index in [0.717, 1.165) is 4.79 Å². The zero-order chi connectivity index (χ0) is 21.1. The summed E-state index contributed by atoms with van der Waals surface area (Å²) < 4.78 is 5.39. The SMILES string of the molecule is O=C(Cc1cccc([N+](=O)[O-])c1)Nn1nc(N2CCOCC2)c2ccccc2c1=O. The third-order valence-electron chi connectivity index (χ3n) is 4.81. The summed E-state index contributed by atoms with van der Waals surface area (Å²) in [5, 5.41) is 16.4. The van der Waals surface area contributed by atoms with Crippen LogP contribution in [0.25, 0.3) is 10.8 Å². The standard InChI is InChI=1S/C20H19N5O5/c26-18(13-14-4-3-5-15(12-14)25(28)29)21-24-20(27)17-7-2-1-6-16(17)19(22-24)23-8-10-30-11-9-23/h1-7,12H,8-11,13H2,(H,21,26). The minimum absolute atomic E-state index is 0.101. The maximum atomic E-state index is 12.8. The lowest BCUT2D eigenvalue weighted by Crippen LogP contribution is -2.41. The molecule has 0 aliphatic carbocycles. The highest BCUT2D eigenvalue weighted by atomic mass is 16.6. The minimum atomic E-state index is -0.522. The molecule has 0 spiro atoms. The van der Waals surface area contributed by atoms with Gasteiger partial charge in [0.05, 0.1) is 29.9 Å². The van der Waals surface area contributed by atoms with E-state index in [0.29, 0.717) is 48.5 Å². The highest BCUT2D eigenvalue weighted by Crippen LogP contribution is 2.22. The van der Waals surface area contributed by atoms with E-state index < -0.39 is 16.4 Å². The van der Waals surface area contributed by atoms with Gasteiger partial charge >= 0.3 is 0 Å². The highest BCUT2D eigenvalue weighted by molar-refractivity contribution is 5.92. The monoisotopic (exact) mass is 409 g/mol. The summed E-state index contributed by atoms with van der Waals surface area (Å²) in [6.45, 7) is 2.34. The molecule has 10 nitrogen and oxygen atoms in total. The van der Waals surface area contributed by atoms with Crippen LogP contribution in [-0.4, -0.2) is 47.0 Å². The number of carbonyl (C=O) groups excluding carboxylic acids is 1. The number of rotatable bonds is 5. The molecule has 0 unspecified atom stereocenters. The Morgan fingerprint density at radius 3 is 2.60 bits per heavy atom. The van der Waals surface area contributed by atoms with Gasteiger partial charge in [-0.25, -0.2) is 5.43 Å². The number of hydrogen-bond donors (Lipinski definition) is 1. The average molecular weight is 409 g/mol. The molecular formula is C20H19N5O5. The van der Waals surface area contributed by atoms with Crippen LogP contribution in [0.4, 0.5) is 11.5 Å². The largest absolute Gasteiger partial charge is 0.378 e. The smallest absolute Gasteiger partial charge is 0.294 e. The molecule has 0 atom stereocenters. The van der Waals surface area contributed by atoms with Gasteiger partial charge in [-0.15, -0.1) is 9.89 Å². The normalized spacial score (nSPS) is 13.9. The summed E-state index contributed by atoms with van der Waals surface area (Å²) in [6, 6.07) is 12.9. The van der Waals surface area contributed by atoms with Crippen molar-refractivity contribution in [3.63, 3.8) is 0 Å². The molecule has 0 radical (unpaired) electrons. The zero-order valence-corrected chi connectivity index (χ0v) is 16.0. The van der Waals surface area contributed by atoms with Crippen molar-refractivity contribution >= 4 is 28.2 Å². The van der Waals surface area contributed by atoms with Crippen LogP contribution in [-0.2, 0) is 16.0 Å².